The normalized spacial score (nSPS) is 10.9. The summed E-state index contributed by atoms with van der Waals surface area (Å²) in [7, 11) is 0. The van der Waals surface area contributed by atoms with E-state index < -0.39 is 0 Å². The van der Waals surface area contributed by atoms with Crippen LogP contribution in [-0.4, -0.2) is 4.98 Å². The van der Waals surface area contributed by atoms with E-state index in [0.717, 1.165) is 27.8 Å². The number of hydrogen-bond donors (Lipinski definition) is 0. The largest absolute Gasteiger partial charge is 0.256 e. The minimum absolute atomic E-state index is 0.975. The summed E-state index contributed by atoms with van der Waals surface area (Å²) in [5, 5.41) is 7.10. The third kappa shape index (κ3) is 3.20. The first-order valence-corrected chi connectivity index (χ1v) is 10.7. The van der Waals surface area contributed by atoms with Crippen LogP contribution in [0.2, 0.25) is 0 Å². The molecule has 1 heterocycles. The van der Waals surface area contributed by atoms with E-state index in [1.54, 1.807) is 0 Å². The molecule has 0 atom stereocenters. The zero-order chi connectivity index (χ0) is 21.3. The highest BCUT2D eigenvalue weighted by Crippen LogP contribution is 2.35. The van der Waals surface area contributed by atoms with Crippen molar-refractivity contribution >= 4 is 32.3 Å². The maximum atomic E-state index is 4.82. The fourth-order valence-electron chi connectivity index (χ4n) is 4.36. The zero-order valence-corrected chi connectivity index (χ0v) is 17.4. The molecule has 0 spiro atoms. The molecule has 0 saturated carbocycles. The number of rotatable bonds is 1. The molecular formula is C31H19N. The molecule has 6 rings (SSSR count). The SMILES string of the molecule is C(#Cc1ccc2ccccc2c1-c1nccc2ccccc12)c1ccc2ccccc2c1. The number of benzene rings is 5. The summed E-state index contributed by atoms with van der Waals surface area (Å²) in [6.45, 7) is 0. The van der Waals surface area contributed by atoms with Gasteiger partial charge in [0.25, 0.3) is 0 Å². The summed E-state index contributed by atoms with van der Waals surface area (Å²) in [5.74, 6) is 6.86. The van der Waals surface area contributed by atoms with Crippen LogP contribution in [0.3, 0.4) is 0 Å². The lowest BCUT2D eigenvalue weighted by Gasteiger charge is -2.12. The Hall–Kier alpha value is -4.41. The Labute approximate surface area is 187 Å². The Balaban J connectivity index is 1.59. The third-order valence-electron chi connectivity index (χ3n) is 5.93. The van der Waals surface area contributed by atoms with E-state index in [1.165, 1.54) is 26.9 Å². The molecule has 0 aliphatic heterocycles. The Bertz CT molecular complexity index is 1680. The highest BCUT2D eigenvalue weighted by Gasteiger charge is 2.13. The predicted molar refractivity (Wildman–Crippen MR) is 135 cm³/mol. The smallest absolute Gasteiger partial charge is 0.0799 e. The van der Waals surface area contributed by atoms with Crippen molar-refractivity contribution in [2.24, 2.45) is 0 Å². The summed E-state index contributed by atoms with van der Waals surface area (Å²) in [6.07, 6.45) is 1.89. The lowest BCUT2D eigenvalue weighted by molar-refractivity contribution is 1.36. The van der Waals surface area contributed by atoms with Crippen LogP contribution in [-0.2, 0) is 0 Å². The summed E-state index contributed by atoms with van der Waals surface area (Å²) in [6, 6.07) is 37.9. The van der Waals surface area contributed by atoms with Gasteiger partial charge in [-0.1, -0.05) is 96.8 Å². The molecule has 0 aliphatic carbocycles. The Kier molecular flexibility index (Phi) is 4.41. The van der Waals surface area contributed by atoms with E-state index in [2.05, 4.69) is 121 Å². The van der Waals surface area contributed by atoms with E-state index >= 15 is 0 Å². The molecule has 0 N–H and O–H groups in total. The van der Waals surface area contributed by atoms with Gasteiger partial charge in [-0.3, -0.25) is 4.98 Å². The van der Waals surface area contributed by atoms with Crippen LogP contribution in [0.1, 0.15) is 11.1 Å². The van der Waals surface area contributed by atoms with Crippen LogP contribution in [0.4, 0.5) is 0 Å². The summed E-state index contributed by atoms with van der Waals surface area (Å²) in [5.41, 5.74) is 4.06. The first-order valence-electron chi connectivity index (χ1n) is 10.7. The van der Waals surface area contributed by atoms with Gasteiger partial charge in [-0.2, -0.15) is 0 Å². The van der Waals surface area contributed by atoms with Crippen LogP contribution >= 0.6 is 0 Å². The number of nitrogens with zero attached hydrogens (tertiary/aromatic N) is 1. The van der Waals surface area contributed by atoms with E-state index in [4.69, 9.17) is 4.98 Å². The number of hydrogen-bond acceptors (Lipinski definition) is 1. The van der Waals surface area contributed by atoms with Gasteiger partial charge in [0.1, 0.15) is 0 Å². The molecule has 148 valence electrons. The van der Waals surface area contributed by atoms with Crippen molar-refractivity contribution in [2.75, 3.05) is 0 Å². The molecule has 0 saturated heterocycles. The molecule has 32 heavy (non-hydrogen) atoms. The molecule has 1 aromatic heterocycles. The van der Waals surface area contributed by atoms with Crippen molar-refractivity contribution in [3.05, 3.63) is 127 Å². The number of fused-ring (bicyclic) bond motifs is 3. The van der Waals surface area contributed by atoms with Gasteiger partial charge < -0.3 is 0 Å². The Morgan fingerprint density at radius 2 is 1.16 bits per heavy atom. The third-order valence-corrected chi connectivity index (χ3v) is 5.93. The van der Waals surface area contributed by atoms with Gasteiger partial charge >= 0.3 is 0 Å². The maximum Gasteiger partial charge on any atom is 0.0799 e. The number of aromatic nitrogens is 1. The highest BCUT2D eigenvalue weighted by atomic mass is 14.7. The molecule has 0 amide bonds. The molecular weight excluding hydrogens is 386 g/mol. The Morgan fingerprint density at radius 1 is 0.500 bits per heavy atom. The fraction of sp³-hybridized carbons (Fsp3) is 0. The minimum atomic E-state index is 0.975. The maximum absolute atomic E-state index is 4.82. The molecule has 5 aromatic carbocycles. The van der Waals surface area contributed by atoms with Gasteiger partial charge in [0, 0.05) is 28.3 Å². The first-order chi connectivity index (χ1) is 15.9. The molecule has 0 unspecified atom stereocenters. The van der Waals surface area contributed by atoms with E-state index in [1.807, 2.05) is 6.20 Å². The van der Waals surface area contributed by atoms with Gasteiger partial charge in [0.2, 0.25) is 0 Å². The zero-order valence-electron chi connectivity index (χ0n) is 17.4. The highest BCUT2D eigenvalue weighted by molar-refractivity contribution is 6.06. The van der Waals surface area contributed by atoms with Gasteiger partial charge in [-0.25, -0.2) is 0 Å². The second-order valence-electron chi connectivity index (χ2n) is 7.90. The van der Waals surface area contributed by atoms with Gasteiger partial charge in [-0.05, 0) is 51.2 Å². The monoisotopic (exact) mass is 405 g/mol. The quantitative estimate of drug-likeness (QED) is 0.257. The molecule has 6 aromatic rings. The minimum Gasteiger partial charge on any atom is -0.256 e. The Morgan fingerprint density at radius 3 is 2.00 bits per heavy atom. The van der Waals surface area contributed by atoms with Crippen LogP contribution in [0.15, 0.2) is 115 Å². The van der Waals surface area contributed by atoms with Gasteiger partial charge in [0.05, 0.1) is 5.69 Å². The van der Waals surface area contributed by atoms with Crippen molar-refractivity contribution < 1.29 is 0 Å². The number of pyridine rings is 1. The predicted octanol–water partition coefficient (Wildman–Crippen LogP) is 7.61. The van der Waals surface area contributed by atoms with Crippen LogP contribution in [0.25, 0.3) is 43.6 Å². The average Bonchev–Trinajstić information content (AvgIpc) is 2.86. The standard InChI is InChI=1S/C31H19N/c1-2-10-27-21-22(13-15-23(27)7-1)14-16-26-18-17-24-8-3-5-11-28(24)30(26)31-29-12-6-4-9-25(29)19-20-32-31/h1-13,15,17-21H. The molecule has 1 heteroatoms. The molecule has 0 fully saturated rings. The van der Waals surface area contributed by atoms with E-state index in [0.29, 0.717) is 0 Å². The van der Waals surface area contributed by atoms with Crippen molar-refractivity contribution in [3.8, 4) is 23.1 Å². The lowest BCUT2D eigenvalue weighted by atomic mass is 9.93. The molecule has 0 aliphatic rings. The summed E-state index contributed by atoms with van der Waals surface area (Å²) >= 11 is 0. The molecule has 0 bridgehead atoms. The van der Waals surface area contributed by atoms with Crippen molar-refractivity contribution in [1.82, 2.24) is 4.98 Å². The second-order valence-corrected chi connectivity index (χ2v) is 7.90. The van der Waals surface area contributed by atoms with Crippen LogP contribution in [0, 0.1) is 11.8 Å². The van der Waals surface area contributed by atoms with E-state index in [9.17, 15) is 0 Å². The molecule has 1 nitrogen and oxygen atoms in total. The first kappa shape index (κ1) is 18.4. The van der Waals surface area contributed by atoms with Crippen molar-refractivity contribution in [1.29, 1.82) is 0 Å². The van der Waals surface area contributed by atoms with E-state index in [-0.39, 0.29) is 0 Å². The van der Waals surface area contributed by atoms with Crippen molar-refractivity contribution in [3.63, 3.8) is 0 Å². The average molecular weight is 406 g/mol. The molecule has 0 radical (unpaired) electrons. The van der Waals surface area contributed by atoms with Gasteiger partial charge in [-0.15, -0.1) is 0 Å². The topological polar surface area (TPSA) is 12.9 Å². The fourth-order valence-corrected chi connectivity index (χ4v) is 4.36. The second kappa shape index (κ2) is 7.69. The van der Waals surface area contributed by atoms with Gasteiger partial charge in [0.15, 0.2) is 0 Å². The summed E-state index contributed by atoms with van der Waals surface area (Å²) in [4.78, 5) is 4.82. The summed E-state index contributed by atoms with van der Waals surface area (Å²) < 4.78 is 0. The lowest BCUT2D eigenvalue weighted by Crippen LogP contribution is -1.92. The van der Waals surface area contributed by atoms with Crippen LogP contribution < -0.4 is 0 Å². The van der Waals surface area contributed by atoms with Crippen LogP contribution in [0.5, 0.6) is 0 Å². The van der Waals surface area contributed by atoms with Crippen molar-refractivity contribution in [2.45, 2.75) is 0 Å².